The second kappa shape index (κ2) is 7.44. The van der Waals surface area contributed by atoms with Crippen LogP contribution in [0.1, 0.15) is 47.2 Å². The first-order valence-electron chi connectivity index (χ1n) is 8.81. The number of carbonyl (C=O) groups is 1. The Morgan fingerprint density at radius 1 is 1.00 bits per heavy atom. The van der Waals surface area contributed by atoms with Gasteiger partial charge in [0.2, 0.25) is 0 Å². The zero-order valence-electron chi connectivity index (χ0n) is 15.1. The zero-order chi connectivity index (χ0) is 18.7. The number of hydrogen-bond acceptors (Lipinski definition) is 4. The van der Waals surface area contributed by atoms with E-state index in [4.69, 9.17) is 9.84 Å². The third kappa shape index (κ3) is 3.57. The predicted octanol–water partition coefficient (Wildman–Crippen LogP) is 3.43. The van der Waals surface area contributed by atoms with Gasteiger partial charge < -0.3 is 14.9 Å². The normalized spacial score (nSPS) is 16.8. The van der Waals surface area contributed by atoms with Gasteiger partial charge in [0, 0.05) is 23.0 Å². The number of carbonyl (C=O) groups excluding carboxylic acids is 1. The fraction of sp³-hybridized carbons (Fsp3) is 0.318. The minimum Gasteiger partial charge on any atom is -0.491 e. The largest absolute Gasteiger partial charge is 0.491 e. The number of rotatable bonds is 7. The predicted molar refractivity (Wildman–Crippen MR) is 102 cm³/mol. The van der Waals surface area contributed by atoms with E-state index in [-0.39, 0.29) is 30.8 Å². The summed E-state index contributed by atoms with van der Waals surface area (Å²) in [6.45, 7) is 3.11. The molecule has 0 bridgehead atoms. The Labute approximate surface area is 153 Å². The molecule has 0 heterocycles. The summed E-state index contributed by atoms with van der Waals surface area (Å²) in [5, 5.41) is 19.4. The van der Waals surface area contributed by atoms with Crippen LogP contribution in [0.3, 0.4) is 0 Å². The van der Waals surface area contributed by atoms with Crippen LogP contribution in [0.25, 0.3) is 0 Å². The molecule has 2 aliphatic carbocycles. The number of ether oxygens (including phenoxy) is 1. The van der Waals surface area contributed by atoms with Gasteiger partial charge in [-0.05, 0) is 31.5 Å². The Kier molecular flexibility index (Phi) is 5.25. The Hall–Kier alpha value is -2.43. The molecule has 1 aromatic rings. The van der Waals surface area contributed by atoms with Gasteiger partial charge in [-0.3, -0.25) is 4.79 Å². The first-order chi connectivity index (χ1) is 12.4. The lowest BCUT2D eigenvalue weighted by Crippen LogP contribution is -2.32. The van der Waals surface area contributed by atoms with Crippen molar-refractivity contribution in [1.29, 1.82) is 0 Å². The number of aliphatic hydroxyl groups excluding tert-OH is 1. The van der Waals surface area contributed by atoms with Crippen LogP contribution in [-0.2, 0) is 0 Å². The van der Waals surface area contributed by atoms with Crippen LogP contribution < -0.4 is 4.74 Å². The second-order valence-corrected chi connectivity index (χ2v) is 6.99. The SMILES string of the molecule is CC(C)(O)C(=O)c1ccc(OCCO)c(C2C=CC=C2)c1C1C=CC=C1. The van der Waals surface area contributed by atoms with Crippen LogP contribution >= 0.6 is 0 Å². The molecule has 0 spiro atoms. The highest BCUT2D eigenvalue weighted by Gasteiger charge is 2.32. The summed E-state index contributed by atoms with van der Waals surface area (Å²) in [7, 11) is 0. The zero-order valence-corrected chi connectivity index (χ0v) is 15.1. The van der Waals surface area contributed by atoms with E-state index in [1.807, 2.05) is 48.6 Å². The van der Waals surface area contributed by atoms with E-state index in [2.05, 4.69) is 0 Å². The summed E-state index contributed by atoms with van der Waals surface area (Å²) >= 11 is 0. The summed E-state index contributed by atoms with van der Waals surface area (Å²) in [6, 6.07) is 3.48. The van der Waals surface area contributed by atoms with Crippen LogP contribution in [0.15, 0.2) is 60.7 Å². The summed E-state index contributed by atoms with van der Waals surface area (Å²) in [5.74, 6) is 0.250. The maximum Gasteiger partial charge on any atom is 0.194 e. The van der Waals surface area contributed by atoms with Crippen molar-refractivity contribution in [3.63, 3.8) is 0 Å². The lowest BCUT2D eigenvalue weighted by molar-refractivity contribution is 0.0486. The van der Waals surface area contributed by atoms with Gasteiger partial charge in [-0.2, -0.15) is 0 Å². The van der Waals surface area contributed by atoms with Crippen LogP contribution in [0, 0.1) is 0 Å². The van der Waals surface area contributed by atoms with Gasteiger partial charge in [-0.1, -0.05) is 48.6 Å². The van der Waals surface area contributed by atoms with Crippen LogP contribution in [0.2, 0.25) is 0 Å². The smallest absolute Gasteiger partial charge is 0.194 e. The molecule has 136 valence electrons. The van der Waals surface area contributed by atoms with Crippen molar-refractivity contribution < 1.29 is 19.7 Å². The molecule has 2 aliphatic rings. The maximum atomic E-state index is 12.9. The van der Waals surface area contributed by atoms with E-state index < -0.39 is 5.60 Å². The number of hydrogen-bond donors (Lipinski definition) is 2. The van der Waals surface area contributed by atoms with Crippen molar-refractivity contribution in [3.05, 3.63) is 77.4 Å². The highest BCUT2D eigenvalue weighted by atomic mass is 16.5. The van der Waals surface area contributed by atoms with E-state index in [1.165, 1.54) is 13.8 Å². The van der Waals surface area contributed by atoms with Crippen molar-refractivity contribution in [2.45, 2.75) is 31.3 Å². The van der Waals surface area contributed by atoms with Crippen LogP contribution in [-0.4, -0.2) is 34.8 Å². The molecule has 4 nitrogen and oxygen atoms in total. The van der Waals surface area contributed by atoms with Crippen molar-refractivity contribution in [2.75, 3.05) is 13.2 Å². The summed E-state index contributed by atoms with van der Waals surface area (Å²) in [4.78, 5) is 12.9. The van der Waals surface area contributed by atoms with Gasteiger partial charge in [0.25, 0.3) is 0 Å². The third-order valence-electron chi connectivity index (χ3n) is 4.56. The third-order valence-corrected chi connectivity index (χ3v) is 4.56. The van der Waals surface area contributed by atoms with Gasteiger partial charge in [0.05, 0.1) is 6.61 Å². The Balaban J connectivity index is 2.22. The molecule has 0 saturated heterocycles. The summed E-state index contributed by atoms with van der Waals surface area (Å²) < 4.78 is 5.78. The van der Waals surface area contributed by atoms with E-state index >= 15 is 0 Å². The molecule has 0 amide bonds. The lowest BCUT2D eigenvalue weighted by Gasteiger charge is -2.26. The van der Waals surface area contributed by atoms with Crippen LogP contribution in [0.4, 0.5) is 0 Å². The van der Waals surface area contributed by atoms with Gasteiger partial charge in [-0.15, -0.1) is 0 Å². The quantitative estimate of drug-likeness (QED) is 0.738. The number of Topliss-reactive ketones (excluding diaryl/α,β-unsaturated/α-hetero) is 1. The molecule has 2 N–H and O–H groups in total. The fourth-order valence-electron chi connectivity index (χ4n) is 3.38. The summed E-state index contributed by atoms with van der Waals surface area (Å²) in [6.07, 6.45) is 16.0. The second-order valence-electron chi connectivity index (χ2n) is 6.99. The molecule has 3 rings (SSSR count). The van der Waals surface area contributed by atoms with Crippen molar-refractivity contribution in [2.24, 2.45) is 0 Å². The Bertz CT molecular complexity index is 782. The maximum absolute atomic E-state index is 12.9. The topological polar surface area (TPSA) is 66.8 Å². The number of ketones is 1. The standard InChI is InChI=1S/C22H24O4/c1-22(2,25)21(24)17-11-12-18(26-14-13-23)20(16-9-5-6-10-16)19(17)15-7-3-4-8-15/h3-12,15-16,23,25H,13-14H2,1-2H3. The number of aliphatic hydroxyl groups is 2. The van der Waals surface area contributed by atoms with E-state index in [0.29, 0.717) is 11.3 Å². The van der Waals surface area contributed by atoms with E-state index in [1.54, 1.807) is 12.1 Å². The van der Waals surface area contributed by atoms with Crippen molar-refractivity contribution in [1.82, 2.24) is 0 Å². The van der Waals surface area contributed by atoms with E-state index in [0.717, 1.165) is 11.1 Å². The van der Waals surface area contributed by atoms with Crippen molar-refractivity contribution in [3.8, 4) is 5.75 Å². The molecule has 0 saturated carbocycles. The Morgan fingerprint density at radius 2 is 1.54 bits per heavy atom. The molecular formula is C22H24O4. The molecule has 0 atom stereocenters. The highest BCUT2D eigenvalue weighted by molar-refractivity contribution is 6.03. The first-order valence-corrected chi connectivity index (χ1v) is 8.81. The Morgan fingerprint density at radius 3 is 2.04 bits per heavy atom. The molecule has 1 aromatic carbocycles. The van der Waals surface area contributed by atoms with Crippen LogP contribution in [0.5, 0.6) is 5.75 Å². The minimum atomic E-state index is -1.47. The molecule has 0 radical (unpaired) electrons. The molecule has 0 fully saturated rings. The average molecular weight is 352 g/mol. The fourth-order valence-corrected chi connectivity index (χ4v) is 3.38. The number of allylic oxidation sites excluding steroid dienone is 8. The van der Waals surface area contributed by atoms with Gasteiger partial charge in [0.15, 0.2) is 5.78 Å². The van der Waals surface area contributed by atoms with E-state index in [9.17, 15) is 9.90 Å². The number of benzene rings is 1. The molecule has 0 aliphatic heterocycles. The van der Waals surface area contributed by atoms with Gasteiger partial charge in [0.1, 0.15) is 18.0 Å². The van der Waals surface area contributed by atoms with Gasteiger partial charge >= 0.3 is 0 Å². The summed E-state index contributed by atoms with van der Waals surface area (Å²) in [5.41, 5.74) is 0.782. The molecule has 26 heavy (non-hydrogen) atoms. The monoisotopic (exact) mass is 352 g/mol. The molecule has 4 heteroatoms. The molecular weight excluding hydrogens is 328 g/mol. The minimum absolute atomic E-state index is 0.0179. The average Bonchev–Trinajstić information content (AvgIpc) is 3.30. The lowest BCUT2D eigenvalue weighted by atomic mass is 9.81. The molecule has 0 aromatic heterocycles. The molecule has 0 unspecified atom stereocenters. The highest BCUT2D eigenvalue weighted by Crippen LogP contribution is 2.42. The first kappa shape index (κ1) is 18.4. The van der Waals surface area contributed by atoms with Gasteiger partial charge in [-0.25, -0.2) is 0 Å². The van der Waals surface area contributed by atoms with Crippen molar-refractivity contribution >= 4 is 5.78 Å².